The molecule has 0 bridgehead atoms. The molecule has 1 aromatic rings. The fraction of sp³-hybridized carbons (Fsp3) is 0.308. The highest BCUT2D eigenvalue weighted by atomic mass is 32.2. The Morgan fingerprint density at radius 2 is 1.89 bits per heavy atom. The Kier molecular flexibility index (Phi) is 3.02. The fourth-order valence-corrected chi connectivity index (χ4v) is 3.20. The number of carbonyl (C=O) groups is 3. The molecule has 2 aliphatic rings. The van der Waals surface area contributed by atoms with Gasteiger partial charge in [-0.2, -0.15) is 0 Å². The van der Waals surface area contributed by atoms with Gasteiger partial charge in [0.2, 0.25) is 0 Å². The van der Waals surface area contributed by atoms with Crippen molar-refractivity contribution in [1.82, 2.24) is 4.90 Å². The van der Waals surface area contributed by atoms with Gasteiger partial charge in [0, 0.05) is 0 Å². The van der Waals surface area contributed by atoms with Crippen LogP contribution in [0.2, 0.25) is 0 Å². The molecule has 2 heterocycles. The number of ether oxygens (including phenoxy) is 1. The van der Waals surface area contributed by atoms with Crippen LogP contribution in [0.1, 0.15) is 18.1 Å². The molecule has 3 rings (SSSR count). The average Bonchev–Trinajstić information content (AvgIpc) is 2.93. The van der Waals surface area contributed by atoms with Crippen molar-refractivity contribution in [2.24, 2.45) is 0 Å². The number of carbonyl (C=O) groups excluding carboxylic acids is 3. The van der Waals surface area contributed by atoms with Crippen LogP contribution < -0.4 is 0 Å². The number of ketones is 1. The Balaban J connectivity index is 1.77. The second-order valence-corrected chi connectivity index (χ2v) is 5.56. The van der Waals surface area contributed by atoms with E-state index in [4.69, 9.17) is 4.74 Å². The quantitative estimate of drug-likeness (QED) is 0.770. The van der Waals surface area contributed by atoms with Crippen LogP contribution in [0.5, 0.6) is 0 Å². The first-order chi connectivity index (χ1) is 9.15. The molecular formula is C13H11NO4S. The predicted molar refractivity (Wildman–Crippen MR) is 68.4 cm³/mol. The fourth-order valence-electron chi connectivity index (χ4n) is 2.21. The number of rotatable bonds is 2. The Bertz CT molecular complexity index is 545. The van der Waals surface area contributed by atoms with E-state index < -0.39 is 11.5 Å². The van der Waals surface area contributed by atoms with Gasteiger partial charge in [-0.25, -0.2) is 4.79 Å². The molecule has 5 nitrogen and oxygen atoms in total. The van der Waals surface area contributed by atoms with Crippen molar-refractivity contribution >= 4 is 28.8 Å². The van der Waals surface area contributed by atoms with E-state index in [-0.39, 0.29) is 23.4 Å². The lowest BCUT2D eigenvalue weighted by Gasteiger charge is -2.17. The van der Waals surface area contributed by atoms with E-state index in [1.807, 2.05) is 30.3 Å². The Hall–Kier alpha value is -1.82. The van der Waals surface area contributed by atoms with Gasteiger partial charge in [0.15, 0.2) is 10.9 Å². The summed E-state index contributed by atoms with van der Waals surface area (Å²) in [4.78, 5) is 36.1. The molecule has 2 unspecified atom stereocenters. The number of hydrogen-bond acceptors (Lipinski definition) is 5. The lowest BCUT2D eigenvalue weighted by atomic mass is 10.1. The van der Waals surface area contributed by atoms with E-state index >= 15 is 0 Å². The summed E-state index contributed by atoms with van der Waals surface area (Å²) in [7, 11) is 0. The zero-order chi connectivity index (χ0) is 13.4. The van der Waals surface area contributed by atoms with Crippen LogP contribution in [0.4, 0.5) is 4.79 Å². The standard InChI is InChI=1S/C13H11NO4S/c15-9-6-11(16)19-12(9)14-7-10(18-13(14)17)8-4-2-1-3-5-8/h1-5,10,12H,6-7H2. The average molecular weight is 277 g/mol. The highest BCUT2D eigenvalue weighted by Crippen LogP contribution is 2.34. The van der Waals surface area contributed by atoms with Gasteiger partial charge in [0.1, 0.15) is 11.5 Å². The smallest absolute Gasteiger partial charge is 0.411 e. The first-order valence-electron chi connectivity index (χ1n) is 5.89. The molecule has 6 heteroatoms. The van der Waals surface area contributed by atoms with E-state index in [0.29, 0.717) is 6.54 Å². The summed E-state index contributed by atoms with van der Waals surface area (Å²) in [5.41, 5.74) is 0.889. The van der Waals surface area contributed by atoms with Crippen molar-refractivity contribution in [2.45, 2.75) is 17.9 Å². The lowest BCUT2D eigenvalue weighted by molar-refractivity contribution is -0.122. The van der Waals surface area contributed by atoms with E-state index in [0.717, 1.165) is 17.3 Å². The molecular weight excluding hydrogens is 266 g/mol. The summed E-state index contributed by atoms with van der Waals surface area (Å²) in [5.74, 6) is -0.222. The first kappa shape index (κ1) is 12.2. The summed E-state index contributed by atoms with van der Waals surface area (Å²) in [5, 5.41) is -0.903. The van der Waals surface area contributed by atoms with Crippen LogP contribution in [0, 0.1) is 0 Å². The van der Waals surface area contributed by atoms with Crippen molar-refractivity contribution in [1.29, 1.82) is 0 Å². The Labute approximate surface area is 113 Å². The molecule has 2 fully saturated rings. The summed E-state index contributed by atoms with van der Waals surface area (Å²) in [6.45, 7) is 0.305. The van der Waals surface area contributed by atoms with Crippen LogP contribution >= 0.6 is 11.8 Å². The van der Waals surface area contributed by atoms with Crippen molar-refractivity contribution in [3.63, 3.8) is 0 Å². The maximum atomic E-state index is 11.8. The number of amides is 1. The molecule has 2 atom stereocenters. The summed E-state index contributed by atoms with van der Waals surface area (Å²) in [6.07, 6.45) is -1.01. The van der Waals surface area contributed by atoms with Crippen molar-refractivity contribution in [3.8, 4) is 0 Å². The second-order valence-electron chi connectivity index (χ2n) is 4.42. The minimum absolute atomic E-state index is 0.102. The molecule has 1 amide bonds. The normalized spacial score (nSPS) is 26.9. The topological polar surface area (TPSA) is 63.7 Å². The van der Waals surface area contributed by atoms with Crippen molar-refractivity contribution in [2.75, 3.05) is 6.54 Å². The van der Waals surface area contributed by atoms with Crippen molar-refractivity contribution < 1.29 is 19.1 Å². The molecule has 1 aromatic carbocycles. The van der Waals surface area contributed by atoms with Gasteiger partial charge in [-0.15, -0.1) is 0 Å². The molecule has 0 aliphatic carbocycles. The molecule has 19 heavy (non-hydrogen) atoms. The first-order valence-corrected chi connectivity index (χ1v) is 6.77. The molecule has 2 saturated heterocycles. The second kappa shape index (κ2) is 4.70. The number of thioether (sulfide) groups is 1. The Morgan fingerprint density at radius 3 is 2.53 bits per heavy atom. The largest absolute Gasteiger partial charge is 0.439 e. The van der Waals surface area contributed by atoms with Gasteiger partial charge in [-0.05, 0) is 5.56 Å². The van der Waals surface area contributed by atoms with E-state index in [9.17, 15) is 14.4 Å². The molecule has 0 saturated carbocycles. The predicted octanol–water partition coefficient (Wildman–Crippen LogP) is 1.74. The summed E-state index contributed by atoms with van der Waals surface area (Å²) < 4.78 is 5.27. The van der Waals surface area contributed by atoms with Gasteiger partial charge >= 0.3 is 6.09 Å². The Morgan fingerprint density at radius 1 is 1.16 bits per heavy atom. The van der Waals surface area contributed by atoms with Gasteiger partial charge < -0.3 is 4.74 Å². The van der Waals surface area contributed by atoms with E-state index in [2.05, 4.69) is 0 Å². The minimum Gasteiger partial charge on any atom is -0.439 e. The maximum absolute atomic E-state index is 11.8. The third-order valence-corrected chi connectivity index (χ3v) is 4.28. The van der Waals surface area contributed by atoms with Crippen molar-refractivity contribution in [3.05, 3.63) is 35.9 Å². The van der Waals surface area contributed by atoms with Gasteiger partial charge in [-0.1, -0.05) is 42.1 Å². The van der Waals surface area contributed by atoms with Crippen LogP contribution in [0.25, 0.3) is 0 Å². The SMILES string of the molecule is O=C1CC(=O)C(N2CC(c3ccccc3)OC2=O)S1. The molecule has 0 radical (unpaired) electrons. The van der Waals surface area contributed by atoms with Gasteiger partial charge in [-0.3, -0.25) is 14.5 Å². The van der Waals surface area contributed by atoms with Gasteiger partial charge in [0.25, 0.3) is 0 Å². The lowest BCUT2D eigenvalue weighted by Crippen LogP contribution is -2.36. The zero-order valence-electron chi connectivity index (χ0n) is 9.94. The van der Waals surface area contributed by atoms with Gasteiger partial charge in [0.05, 0.1) is 13.0 Å². The number of hydrogen-bond donors (Lipinski definition) is 0. The maximum Gasteiger partial charge on any atom is 0.411 e. The van der Waals surface area contributed by atoms with Crippen LogP contribution in [0.3, 0.4) is 0 Å². The number of cyclic esters (lactones) is 1. The zero-order valence-corrected chi connectivity index (χ0v) is 10.8. The van der Waals surface area contributed by atoms with Crippen LogP contribution in [-0.4, -0.2) is 33.8 Å². The summed E-state index contributed by atoms with van der Waals surface area (Å²) >= 11 is 0.909. The van der Waals surface area contributed by atoms with E-state index in [1.54, 1.807) is 0 Å². The minimum atomic E-state index is -0.714. The molecule has 0 aromatic heterocycles. The van der Waals surface area contributed by atoms with Crippen LogP contribution in [0.15, 0.2) is 30.3 Å². The number of Topliss-reactive ketones (excluding diaryl/α,β-unsaturated/α-hetero) is 1. The highest BCUT2D eigenvalue weighted by Gasteiger charge is 2.44. The summed E-state index contributed by atoms with van der Waals surface area (Å²) in [6, 6.07) is 9.36. The molecule has 0 spiro atoms. The molecule has 2 aliphatic heterocycles. The third-order valence-electron chi connectivity index (χ3n) is 3.13. The molecule has 98 valence electrons. The third kappa shape index (κ3) is 2.23. The number of benzene rings is 1. The van der Waals surface area contributed by atoms with E-state index in [1.165, 1.54) is 4.90 Å². The highest BCUT2D eigenvalue weighted by molar-refractivity contribution is 8.15. The monoisotopic (exact) mass is 277 g/mol. The van der Waals surface area contributed by atoms with Crippen LogP contribution in [-0.2, 0) is 14.3 Å². The molecule has 0 N–H and O–H groups in total. The number of nitrogens with zero attached hydrogens (tertiary/aromatic N) is 1.